The molecule has 1 amide bonds. The predicted octanol–water partition coefficient (Wildman–Crippen LogP) is 6.12. The normalized spacial score (nSPS) is 17.8. The van der Waals surface area contributed by atoms with E-state index in [9.17, 15) is 13.6 Å². The number of rotatable bonds is 4. The van der Waals surface area contributed by atoms with E-state index in [1.807, 2.05) is 24.3 Å². The fourth-order valence-electron chi connectivity index (χ4n) is 4.96. The molecule has 1 spiro atoms. The standard InChI is InChI=1S/C23H20ClF2N3O2/c24-23(25,26)31-16-9-7-15(8-10-16)29-19-6-4-5-17(18-11-14-27-28-18)20(19)22(21(29)30)12-2-1-3-13-22/h4-11,14H,1-3,12-13H2,(H,27,28). The van der Waals surface area contributed by atoms with E-state index in [0.717, 1.165) is 54.6 Å². The van der Waals surface area contributed by atoms with E-state index in [2.05, 4.69) is 14.9 Å². The number of ether oxygens (including phenoxy) is 1. The molecule has 1 N–H and O–H groups in total. The zero-order valence-corrected chi connectivity index (χ0v) is 17.3. The molecule has 1 aromatic heterocycles. The molecule has 2 heterocycles. The molecule has 3 aromatic rings. The lowest BCUT2D eigenvalue weighted by Gasteiger charge is -2.33. The first kappa shape index (κ1) is 20.0. The highest BCUT2D eigenvalue weighted by Gasteiger charge is 2.52. The molecule has 0 atom stereocenters. The molecular formula is C23H20ClF2N3O2. The van der Waals surface area contributed by atoms with Crippen LogP contribution in [0.25, 0.3) is 11.3 Å². The predicted molar refractivity (Wildman–Crippen MR) is 114 cm³/mol. The molecule has 5 nitrogen and oxygen atoms in total. The smallest absolute Gasteiger partial charge is 0.420 e. The number of carbonyl (C=O) groups is 1. The van der Waals surface area contributed by atoms with Gasteiger partial charge in [-0.1, -0.05) is 31.4 Å². The first-order valence-electron chi connectivity index (χ1n) is 10.2. The summed E-state index contributed by atoms with van der Waals surface area (Å²) in [7, 11) is 0. The van der Waals surface area contributed by atoms with Crippen molar-refractivity contribution in [2.75, 3.05) is 4.90 Å². The molecule has 5 rings (SSSR count). The number of hydrogen-bond acceptors (Lipinski definition) is 3. The Balaban J connectivity index is 1.63. The van der Waals surface area contributed by atoms with Gasteiger partial charge in [0.25, 0.3) is 0 Å². The molecule has 2 aliphatic rings. The Morgan fingerprint density at radius 2 is 1.81 bits per heavy atom. The van der Waals surface area contributed by atoms with Gasteiger partial charge in [0.05, 0.1) is 16.8 Å². The Morgan fingerprint density at radius 3 is 2.45 bits per heavy atom. The largest absolute Gasteiger partial charge is 0.487 e. The third-order valence-electron chi connectivity index (χ3n) is 6.20. The second-order valence-electron chi connectivity index (χ2n) is 8.00. The highest BCUT2D eigenvalue weighted by molar-refractivity contribution is 6.20. The summed E-state index contributed by atoms with van der Waals surface area (Å²) in [6, 6.07) is 13.8. The van der Waals surface area contributed by atoms with E-state index in [0.29, 0.717) is 5.69 Å². The number of benzene rings is 2. The summed E-state index contributed by atoms with van der Waals surface area (Å²) in [5.41, 5.74) is -0.136. The molecule has 0 unspecified atom stereocenters. The maximum atomic E-state index is 13.9. The van der Waals surface area contributed by atoms with Crippen LogP contribution >= 0.6 is 11.6 Å². The van der Waals surface area contributed by atoms with Crippen LogP contribution < -0.4 is 9.64 Å². The van der Waals surface area contributed by atoms with E-state index < -0.39 is 11.0 Å². The van der Waals surface area contributed by atoms with Crippen LogP contribution in [0.2, 0.25) is 0 Å². The van der Waals surface area contributed by atoms with Gasteiger partial charge in [-0.2, -0.15) is 5.10 Å². The van der Waals surface area contributed by atoms with Crippen molar-refractivity contribution in [3.63, 3.8) is 0 Å². The lowest BCUT2D eigenvalue weighted by Crippen LogP contribution is -2.40. The van der Waals surface area contributed by atoms with Crippen molar-refractivity contribution in [2.45, 2.75) is 43.1 Å². The maximum Gasteiger partial charge on any atom is 0.487 e. The van der Waals surface area contributed by atoms with Crippen LogP contribution in [0.15, 0.2) is 54.7 Å². The topological polar surface area (TPSA) is 58.2 Å². The molecule has 8 heteroatoms. The lowest BCUT2D eigenvalue weighted by molar-refractivity contribution is -0.123. The van der Waals surface area contributed by atoms with Gasteiger partial charge in [-0.3, -0.25) is 14.8 Å². The van der Waals surface area contributed by atoms with Crippen molar-refractivity contribution in [2.24, 2.45) is 0 Å². The zero-order chi connectivity index (χ0) is 21.6. The van der Waals surface area contributed by atoms with Crippen molar-refractivity contribution in [3.8, 4) is 17.0 Å². The minimum atomic E-state index is -3.79. The highest BCUT2D eigenvalue weighted by Crippen LogP contribution is 2.55. The number of carbonyl (C=O) groups excluding carboxylic acids is 1. The Morgan fingerprint density at radius 1 is 1.06 bits per heavy atom. The van der Waals surface area contributed by atoms with Gasteiger partial charge in [-0.15, -0.1) is 8.78 Å². The summed E-state index contributed by atoms with van der Waals surface area (Å²) in [6.07, 6.45) is 6.32. The summed E-state index contributed by atoms with van der Waals surface area (Å²) in [4.78, 5) is 15.6. The molecule has 0 saturated heterocycles. The van der Waals surface area contributed by atoms with Crippen LogP contribution in [0.3, 0.4) is 0 Å². The third-order valence-corrected chi connectivity index (χ3v) is 6.28. The van der Waals surface area contributed by atoms with Crippen molar-refractivity contribution in [1.82, 2.24) is 10.2 Å². The Hall–Kier alpha value is -2.93. The van der Waals surface area contributed by atoms with Gasteiger partial charge in [0.1, 0.15) is 5.75 Å². The third kappa shape index (κ3) is 3.37. The van der Waals surface area contributed by atoms with Crippen molar-refractivity contribution in [3.05, 3.63) is 60.3 Å². The maximum absolute atomic E-state index is 13.9. The van der Waals surface area contributed by atoms with Crippen LogP contribution in [0.4, 0.5) is 20.2 Å². The van der Waals surface area contributed by atoms with Crippen LogP contribution in [0.1, 0.15) is 37.7 Å². The molecule has 1 aliphatic heterocycles. The van der Waals surface area contributed by atoms with Gasteiger partial charge < -0.3 is 4.74 Å². The number of amides is 1. The Kier molecular flexibility index (Phi) is 4.73. The van der Waals surface area contributed by atoms with Crippen molar-refractivity contribution < 1.29 is 18.3 Å². The monoisotopic (exact) mass is 443 g/mol. The van der Waals surface area contributed by atoms with Gasteiger partial charge in [0.15, 0.2) is 0 Å². The van der Waals surface area contributed by atoms with E-state index in [1.165, 1.54) is 12.1 Å². The first-order chi connectivity index (χ1) is 14.9. The molecule has 2 aromatic carbocycles. The number of nitrogens with zero attached hydrogens (tertiary/aromatic N) is 2. The second kappa shape index (κ2) is 7.34. The molecule has 160 valence electrons. The van der Waals surface area contributed by atoms with Gasteiger partial charge in [0.2, 0.25) is 5.91 Å². The number of hydrogen-bond donors (Lipinski definition) is 1. The second-order valence-corrected chi connectivity index (χ2v) is 8.44. The quantitative estimate of drug-likeness (QED) is 0.494. The van der Waals surface area contributed by atoms with Gasteiger partial charge >= 0.3 is 5.57 Å². The summed E-state index contributed by atoms with van der Waals surface area (Å²) >= 11 is 4.86. The highest BCUT2D eigenvalue weighted by atomic mass is 35.5. The van der Waals surface area contributed by atoms with Crippen LogP contribution in [-0.2, 0) is 10.2 Å². The fourth-order valence-corrected chi connectivity index (χ4v) is 5.05. The fraction of sp³-hybridized carbons (Fsp3) is 0.304. The molecule has 0 bridgehead atoms. The molecule has 1 aliphatic carbocycles. The summed E-state index contributed by atoms with van der Waals surface area (Å²) < 4.78 is 30.3. The number of H-pyrrole nitrogens is 1. The van der Waals surface area contributed by atoms with Crippen molar-refractivity contribution in [1.29, 1.82) is 0 Å². The van der Waals surface area contributed by atoms with Gasteiger partial charge in [-0.05, 0) is 49.2 Å². The average Bonchev–Trinajstić information content (AvgIpc) is 3.36. The SMILES string of the molecule is O=C1N(c2ccc(OC(F)(F)Cl)cc2)c2cccc(-c3ccn[nH]3)c2C12CCCCC2. The minimum Gasteiger partial charge on any atom is -0.420 e. The summed E-state index contributed by atoms with van der Waals surface area (Å²) in [5.74, 6) is -0.0558. The van der Waals surface area contributed by atoms with E-state index in [4.69, 9.17) is 11.6 Å². The minimum absolute atomic E-state index is 0.0190. The first-order valence-corrected chi connectivity index (χ1v) is 10.6. The molecule has 1 saturated carbocycles. The van der Waals surface area contributed by atoms with Crippen LogP contribution in [0.5, 0.6) is 5.75 Å². The molecule has 31 heavy (non-hydrogen) atoms. The van der Waals surface area contributed by atoms with Gasteiger partial charge in [0, 0.05) is 34.6 Å². The van der Waals surface area contributed by atoms with Crippen LogP contribution in [0, 0.1) is 0 Å². The van der Waals surface area contributed by atoms with Crippen LogP contribution in [-0.4, -0.2) is 21.7 Å². The molecule has 1 fully saturated rings. The number of alkyl halides is 3. The average molecular weight is 444 g/mol. The van der Waals surface area contributed by atoms with E-state index >= 15 is 0 Å². The van der Waals surface area contributed by atoms with Crippen molar-refractivity contribution >= 4 is 28.9 Å². The number of fused-ring (bicyclic) bond motifs is 2. The molecular weight excluding hydrogens is 424 g/mol. The number of nitrogens with one attached hydrogen (secondary N) is 1. The number of anilines is 2. The lowest BCUT2D eigenvalue weighted by atomic mass is 9.68. The Labute approximate surface area is 183 Å². The molecule has 0 radical (unpaired) electrons. The summed E-state index contributed by atoms with van der Waals surface area (Å²) in [5, 5.41) is 7.11. The van der Waals surface area contributed by atoms with E-state index in [1.54, 1.807) is 23.2 Å². The number of aromatic amines is 1. The Bertz CT molecular complexity index is 1100. The van der Waals surface area contributed by atoms with Gasteiger partial charge in [-0.25, -0.2) is 0 Å². The summed E-state index contributed by atoms with van der Waals surface area (Å²) in [6.45, 7) is 0. The number of halogens is 3. The van der Waals surface area contributed by atoms with E-state index in [-0.39, 0.29) is 11.7 Å². The number of aromatic nitrogens is 2. The zero-order valence-electron chi connectivity index (χ0n) is 16.6.